The molecule has 0 bridgehead atoms. The molecule has 5 rings (SSSR count). The predicted molar refractivity (Wildman–Crippen MR) is 101 cm³/mol. The van der Waals surface area contributed by atoms with E-state index in [1.165, 1.54) is 6.20 Å². The van der Waals surface area contributed by atoms with Crippen LogP contribution in [0, 0.1) is 0 Å². The Balaban J connectivity index is 1.58. The summed E-state index contributed by atoms with van der Waals surface area (Å²) in [7, 11) is 0. The van der Waals surface area contributed by atoms with Crippen LogP contribution in [0.2, 0.25) is 0 Å². The molecule has 2 aliphatic rings. The summed E-state index contributed by atoms with van der Waals surface area (Å²) < 4.78 is 1.63. The lowest BCUT2D eigenvalue weighted by atomic mass is 9.83. The molecular weight excluding hydrogens is 362 g/mol. The number of aromatic nitrogens is 5. The largest absolute Gasteiger partial charge is 0.366 e. The van der Waals surface area contributed by atoms with Crippen molar-refractivity contribution in [2.45, 2.75) is 25.3 Å². The lowest BCUT2D eigenvalue weighted by molar-refractivity contribution is -0.143. The van der Waals surface area contributed by atoms with E-state index in [-0.39, 0.29) is 17.0 Å². The van der Waals surface area contributed by atoms with E-state index in [9.17, 15) is 14.4 Å². The molecule has 10 nitrogen and oxygen atoms in total. The van der Waals surface area contributed by atoms with Crippen molar-refractivity contribution in [3.05, 3.63) is 45.5 Å². The summed E-state index contributed by atoms with van der Waals surface area (Å²) in [5.74, 6) is 0.106. The van der Waals surface area contributed by atoms with Gasteiger partial charge in [0, 0.05) is 45.1 Å². The molecule has 0 radical (unpaired) electrons. The Morgan fingerprint density at radius 1 is 1.25 bits per heavy atom. The van der Waals surface area contributed by atoms with Crippen LogP contribution in [0.3, 0.4) is 0 Å². The molecule has 0 saturated carbocycles. The number of imidazole rings is 1. The molecule has 2 saturated heterocycles. The van der Waals surface area contributed by atoms with Gasteiger partial charge in [-0.1, -0.05) is 0 Å². The van der Waals surface area contributed by atoms with Gasteiger partial charge in [-0.2, -0.15) is 5.10 Å². The summed E-state index contributed by atoms with van der Waals surface area (Å²) in [4.78, 5) is 48.8. The summed E-state index contributed by atoms with van der Waals surface area (Å²) in [5.41, 5.74) is 1.09. The fourth-order valence-electron chi connectivity index (χ4n) is 4.38. The van der Waals surface area contributed by atoms with E-state index in [1.807, 2.05) is 11.0 Å². The number of likely N-dealkylation sites (tertiary alicyclic amines) is 1. The van der Waals surface area contributed by atoms with Crippen LogP contribution in [-0.2, 0) is 4.79 Å². The number of rotatable bonds is 2. The van der Waals surface area contributed by atoms with Gasteiger partial charge >= 0.3 is 5.69 Å². The number of anilines is 1. The van der Waals surface area contributed by atoms with Crippen LogP contribution in [-0.4, -0.2) is 60.5 Å². The first kappa shape index (κ1) is 16.7. The number of hydrogen-bond acceptors (Lipinski definition) is 6. The molecule has 3 aromatic rings. The normalized spacial score (nSPS) is 21.5. The number of aromatic amines is 2. The average Bonchev–Trinajstić information content (AvgIpc) is 3.28. The molecule has 5 heterocycles. The summed E-state index contributed by atoms with van der Waals surface area (Å²) in [6.45, 7) is 3.93. The maximum atomic E-state index is 12.2. The smallest absolute Gasteiger partial charge is 0.325 e. The van der Waals surface area contributed by atoms with Crippen molar-refractivity contribution in [1.29, 1.82) is 0 Å². The maximum Gasteiger partial charge on any atom is 0.325 e. The van der Waals surface area contributed by atoms with Gasteiger partial charge in [0.25, 0.3) is 5.56 Å². The molecule has 0 aromatic carbocycles. The Bertz CT molecular complexity index is 1210. The highest BCUT2D eigenvalue weighted by molar-refractivity contribution is 5.77. The molecule has 1 amide bonds. The Morgan fingerprint density at radius 2 is 2.07 bits per heavy atom. The fourth-order valence-corrected chi connectivity index (χ4v) is 4.38. The predicted octanol–water partition coefficient (Wildman–Crippen LogP) is -0.0260. The number of fused-ring (bicyclic) bond motifs is 1. The minimum absolute atomic E-state index is 0.106. The SMILES string of the molecule is CC(=O)N1CCC12CCN(c1cc(-c3c[nH]c(=O)[nH]c3=O)nn3ccnc13)C2. The zero-order chi connectivity index (χ0) is 19.5. The highest BCUT2D eigenvalue weighted by Crippen LogP contribution is 2.41. The highest BCUT2D eigenvalue weighted by Gasteiger charge is 2.50. The molecule has 0 aliphatic carbocycles. The molecule has 28 heavy (non-hydrogen) atoms. The number of nitrogens with zero attached hydrogens (tertiary/aromatic N) is 5. The summed E-state index contributed by atoms with van der Waals surface area (Å²) in [5, 5.41) is 4.46. The monoisotopic (exact) mass is 381 g/mol. The van der Waals surface area contributed by atoms with E-state index in [4.69, 9.17) is 0 Å². The van der Waals surface area contributed by atoms with Gasteiger partial charge in [0.15, 0.2) is 5.65 Å². The lowest BCUT2D eigenvalue weighted by Gasteiger charge is -2.50. The number of carbonyl (C=O) groups excluding carboxylic acids is 1. The van der Waals surface area contributed by atoms with Crippen molar-refractivity contribution in [3.63, 3.8) is 0 Å². The van der Waals surface area contributed by atoms with Crippen LogP contribution in [0.25, 0.3) is 16.9 Å². The van der Waals surface area contributed by atoms with Crippen LogP contribution in [0.4, 0.5) is 5.69 Å². The number of amides is 1. The van der Waals surface area contributed by atoms with Gasteiger partial charge in [0.05, 0.1) is 16.8 Å². The third-order valence-electron chi connectivity index (χ3n) is 5.86. The molecule has 1 unspecified atom stereocenters. The van der Waals surface area contributed by atoms with Crippen LogP contribution in [0.15, 0.2) is 34.2 Å². The van der Waals surface area contributed by atoms with E-state index in [0.717, 1.165) is 38.2 Å². The van der Waals surface area contributed by atoms with E-state index < -0.39 is 11.2 Å². The molecule has 10 heteroatoms. The van der Waals surface area contributed by atoms with Gasteiger partial charge in [-0.05, 0) is 18.9 Å². The molecular formula is C18H19N7O3. The summed E-state index contributed by atoms with van der Waals surface area (Å²) in [6.07, 6.45) is 6.63. The standard InChI is InChI=1S/C18H19N7O3/c1-11(26)24-6-3-18(24)2-5-23(10-18)14-8-13(22-25-7-4-19-15(14)25)12-9-20-17(28)21-16(12)27/h4,7-9H,2-3,5-6,10H2,1H3,(H2,20,21,27,28). The van der Waals surface area contributed by atoms with Crippen molar-refractivity contribution >= 4 is 17.2 Å². The average molecular weight is 381 g/mol. The Kier molecular flexibility index (Phi) is 3.45. The van der Waals surface area contributed by atoms with Crippen molar-refractivity contribution < 1.29 is 4.79 Å². The minimum Gasteiger partial charge on any atom is -0.366 e. The van der Waals surface area contributed by atoms with Crippen molar-refractivity contribution in [2.24, 2.45) is 0 Å². The minimum atomic E-state index is -0.562. The third kappa shape index (κ3) is 2.37. The topological polar surface area (TPSA) is 119 Å². The Hall–Kier alpha value is -3.43. The second-order valence-electron chi connectivity index (χ2n) is 7.41. The first-order chi connectivity index (χ1) is 13.5. The van der Waals surface area contributed by atoms with E-state index >= 15 is 0 Å². The van der Waals surface area contributed by atoms with E-state index in [2.05, 4.69) is 25.0 Å². The van der Waals surface area contributed by atoms with E-state index in [1.54, 1.807) is 23.8 Å². The number of carbonyl (C=O) groups is 1. The van der Waals surface area contributed by atoms with Gasteiger partial charge in [0.2, 0.25) is 5.91 Å². The zero-order valence-electron chi connectivity index (χ0n) is 15.3. The number of hydrogen-bond donors (Lipinski definition) is 2. The van der Waals surface area contributed by atoms with Gasteiger partial charge < -0.3 is 14.8 Å². The van der Waals surface area contributed by atoms with Crippen LogP contribution in [0.1, 0.15) is 19.8 Å². The summed E-state index contributed by atoms with van der Waals surface area (Å²) in [6, 6.07) is 1.82. The first-order valence-electron chi connectivity index (χ1n) is 9.17. The second kappa shape index (κ2) is 5.78. The molecule has 2 aliphatic heterocycles. The van der Waals surface area contributed by atoms with E-state index in [0.29, 0.717) is 11.3 Å². The van der Waals surface area contributed by atoms with Gasteiger partial charge in [0.1, 0.15) is 5.69 Å². The lowest BCUT2D eigenvalue weighted by Crippen LogP contribution is -2.62. The maximum absolute atomic E-state index is 12.2. The zero-order valence-corrected chi connectivity index (χ0v) is 15.3. The molecule has 3 aromatic heterocycles. The van der Waals surface area contributed by atoms with Gasteiger partial charge in [-0.3, -0.25) is 14.6 Å². The fraction of sp³-hybridized carbons (Fsp3) is 0.389. The number of H-pyrrole nitrogens is 2. The summed E-state index contributed by atoms with van der Waals surface area (Å²) >= 11 is 0. The molecule has 144 valence electrons. The van der Waals surface area contributed by atoms with Crippen LogP contribution in [0.5, 0.6) is 0 Å². The first-order valence-corrected chi connectivity index (χ1v) is 9.17. The third-order valence-corrected chi connectivity index (χ3v) is 5.86. The highest BCUT2D eigenvalue weighted by atomic mass is 16.2. The molecule has 1 atom stereocenters. The van der Waals surface area contributed by atoms with Crippen molar-refractivity contribution in [2.75, 3.05) is 24.5 Å². The van der Waals surface area contributed by atoms with Crippen LogP contribution < -0.4 is 16.1 Å². The molecule has 2 N–H and O–H groups in total. The quantitative estimate of drug-likeness (QED) is 0.644. The second-order valence-corrected chi connectivity index (χ2v) is 7.41. The van der Waals surface area contributed by atoms with Crippen LogP contribution >= 0.6 is 0 Å². The van der Waals surface area contributed by atoms with Gasteiger partial charge in [-0.25, -0.2) is 14.3 Å². The molecule has 1 spiro atoms. The van der Waals surface area contributed by atoms with Gasteiger partial charge in [-0.15, -0.1) is 0 Å². The Labute approximate surface area is 158 Å². The van der Waals surface area contributed by atoms with Crippen molar-refractivity contribution in [3.8, 4) is 11.3 Å². The Morgan fingerprint density at radius 3 is 2.79 bits per heavy atom. The van der Waals surface area contributed by atoms with Crippen molar-refractivity contribution in [1.82, 2.24) is 29.5 Å². The number of nitrogens with one attached hydrogen (secondary N) is 2. The molecule has 2 fully saturated rings.